The Balaban J connectivity index is 1.61. The number of amides is 1. The number of rotatable bonds is 4. The summed E-state index contributed by atoms with van der Waals surface area (Å²) in [5.74, 6) is -0.00708. The molecular weight excluding hydrogens is 252 g/mol. The molecule has 5 heteroatoms. The number of fused-ring (bicyclic) bond motifs is 1. The maximum absolute atomic E-state index is 12.3. The molecule has 1 aromatic heterocycles. The second kappa shape index (κ2) is 5.95. The molecule has 0 spiro atoms. The highest BCUT2D eigenvalue weighted by molar-refractivity contribution is 5.94. The van der Waals surface area contributed by atoms with E-state index in [0.717, 1.165) is 43.7 Å². The zero-order chi connectivity index (χ0) is 13.9. The third-order valence-electron chi connectivity index (χ3n) is 4.67. The summed E-state index contributed by atoms with van der Waals surface area (Å²) in [6.45, 7) is 5.16. The number of aromatic amines is 1. The van der Waals surface area contributed by atoms with Gasteiger partial charge in [0.15, 0.2) is 5.69 Å². The quantitative estimate of drug-likeness (QED) is 0.876. The molecule has 1 unspecified atom stereocenters. The highest BCUT2D eigenvalue weighted by atomic mass is 16.1. The molecule has 110 valence electrons. The van der Waals surface area contributed by atoms with Crippen LogP contribution in [0.25, 0.3) is 0 Å². The van der Waals surface area contributed by atoms with Gasteiger partial charge in [0.25, 0.3) is 5.91 Å². The van der Waals surface area contributed by atoms with Crippen molar-refractivity contribution in [3.63, 3.8) is 0 Å². The van der Waals surface area contributed by atoms with Crippen LogP contribution in [0, 0.1) is 0 Å². The number of carbonyl (C=O) groups is 1. The summed E-state index contributed by atoms with van der Waals surface area (Å²) in [4.78, 5) is 14.8. The summed E-state index contributed by atoms with van der Waals surface area (Å²) in [5, 5.41) is 10.3. The van der Waals surface area contributed by atoms with Crippen molar-refractivity contribution in [3.8, 4) is 0 Å². The maximum Gasteiger partial charge on any atom is 0.272 e. The first kappa shape index (κ1) is 13.6. The van der Waals surface area contributed by atoms with Crippen molar-refractivity contribution in [2.45, 2.75) is 51.5 Å². The monoisotopic (exact) mass is 276 g/mol. The van der Waals surface area contributed by atoms with Crippen LogP contribution in [-0.4, -0.2) is 46.7 Å². The number of aromatic nitrogens is 2. The number of hydrogen-bond donors (Lipinski definition) is 2. The van der Waals surface area contributed by atoms with Crippen LogP contribution in [0.15, 0.2) is 0 Å². The summed E-state index contributed by atoms with van der Waals surface area (Å²) in [6, 6.07) is 0.499. The molecule has 0 radical (unpaired) electrons. The van der Waals surface area contributed by atoms with Crippen LogP contribution < -0.4 is 5.32 Å². The molecule has 2 N–H and O–H groups in total. The standard InChI is InChI=1S/C15H24N4O/c1-2-19-9-5-6-11(19)10-16-15(20)14-12-7-3-4-8-13(12)17-18-14/h11H,2-10H2,1H3,(H,16,20)(H,17,18). The largest absolute Gasteiger partial charge is 0.349 e. The number of carbonyl (C=O) groups excluding carboxylic acids is 1. The normalized spacial score (nSPS) is 22.8. The van der Waals surface area contributed by atoms with Gasteiger partial charge in [-0.25, -0.2) is 0 Å². The Kier molecular flexibility index (Phi) is 4.05. The van der Waals surface area contributed by atoms with Gasteiger partial charge in [0, 0.05) is 23.8 Å². The summed E-state index contributed by atoms with van der Waals surface area (Å²) < 4.78 is 0. The molecule has 1 aromatic rings. The van der Waals surface area contributed by atoms with Crippen LogP contribution in [0.1, 0.15) is 54.4 Å². The molecular formula is C15H24N4O. The van der Waals surface area contributed by atoms with E-state index in [-0.39, 0.29) is 5.91 Å². The Bertz CT molecular complexity index is 482. The summed E-state index contributed by atoms with van der Waals surface area (Å²) >= 11 is 0. The van der Waals surface area contributed by atoms with E-state index < -0.39 is 0 Å². The van der Waals surface area contributed by atoms with Crippen molar-refractivity contribution < 1.29 is 4.79 Å². The van der Waals surface area contributed by atoms with E-state index in [2.05, 4.69) is 27.3 Å². The second-order valence-electron chi connectivity index (χ2n) is 5.87. The SMILES string of the molecule is CCN1CCCC1CNC(=O)c1n[nH]c2c1CCCC2. The van der Waals surface area contributed by atoms with Gasteiger partial charge >= 0.3 is 0 Å². The average molecular weight is 276 g/mol. The zero-order valence-electron chi connectivity index (χ0n) is 12.2. The number of likely N-dealkylation sites (N-methyl/N-ethyl adjacent to an activating group) is 1. The van der Waals surface area contributed by atoms with Crippen LogP contribution in [0.3, 0.4) is 0 Å². The smallest absolute Gasteiger partial charge is 0.272 e. The van der Waals surface area contributed by atoms with Crippen molar-refractivity contribution >= 4 is 5.91 Å². The topological polar surface area (TPSA) is 61.0 Å². The lowest BCUT2D eigenvalue weighted by Crippen LogP contribution is -2.40. The van der Waals surface area contributed by atoms with Crippen molar-refractivity contribution in [2.75, 3.05) is 19.6 Å². The predicted molar refractivity (Wildman–Crippen MR) is 77.8 cm³/mol. The summed E-state index contributed by atoms with van der Waals surface area (Å²) in [5.41, 5.74) is 2.94. The van der Waals surface area contributed by atoms with Gasteiger partial charge in [-0.2, -0.15) is 5.10 Å². The molecule has 1 aliphatic carbocycles. The molecule has 2 aliphatic rings. The van der Waals surface area contributed by atoms with E-state index in [1.807, 2.05) is 0 Å². The third kappa shape index (κ3) is 2.59. The van der Waals surface area contributed by atoms with Gasteiger partial charge in [-0.15, -0.1) is 0 Å². The molecule has 1 atom stereocenters. The molecule has 2 heterocycles. The Labute approximate surface area is 120 Å². The minimum atomic E-state index is -0.00708. The van der Waals surface area contributed by atoms with Crippen LogP contribution in [0.4, 0.5) is 0 Å². The number of hydrogen-bond acceptors (Lipinski definition) is 3. The average Bonchev–Trinajstić information content (AvgIpc) is 3.11. The fourth-order valence-corrected chi connectivity index (χ4v) is 3.51. The number of likely N-dealkylation sites (tertiary alicyclic amines) is 1. The highest BCUT2D eigenvalue weighted by Gasteiger charge is 2.25. The van der Waals surface area contributed by atoms with Gasteiger partial charge in [0.05, 0.1) is 0 Å². The van der Waals surface area contributed by atoms with Gasteiger partial charge in [-0.1, -0.05) is 6.92 Å². The highest BCUT2D eigenvalue weighted by Crippen LogP contribution is 2.22. The molecule has 5 nitrogen and oxygen atoms in total. The minimum absolute atomic E-state index is 0.00708. The molecule has 0 aromatic carbocycles. The molecule has 1 saturated heterocycles. The number of nitrogens with one attached hydrogen (secondary N) is 2. The van der Waals surface area contributed by atoms with Crippen molar-refractivity contribution in [2.24, 2.45) is 0 Å². The Morgan fingerprint density at radius 3 is 3.10 bits per heavy atom. The molecule has 0 bridgehead atoms. The lowest BCUT2D eigenvalue weighted by Gasteiger charge is -2.22. The lowest BCUT2D eigenvalue weighted by atomic mass is 9.96. The number of nitrogens with zero attached hydrogens (tertiary/aromatic N) is 2. The zero-order valence-corrected chi connectivity index (χ0v) is 12.2. The minimum Gasteiger partial charge on any atom is -0.349 e. The molecule has 3 rings (SSSR count). The molecule has 0 saturated carbocycles. The fourth-order valence-electron chi connectivity index (χ4n) is 3.51. The number of aryl methyl sites for hydroxylation is 1. The van der Waals surface area contributed by atoms with E-state index in [0.29, 0.717) is 11.7 Å². The Hall–Kier alpha value is -1.36. The maximum atomic E-state index is 12.3. The van der Waals surface area contributed by atoms with E-state index in [1.165, 1.54) is 25.7 Å². The first-order valence-electron chi connectivity index (χ1n) is 7.88. The Morgan fingerprint density at radius 2 is 2.25 bits per heavy atom. The predicted octanol–water partition coefficient (Wildman–Crippen LogP) is 1.50. The Morgan fingerprint density at radius 1 is 1.40 bits per heavy atom. The van der Waals surface area contributed by atoms with E-state index >= 15 is 0 Å². The van der Waals surface area contributed by atoms with E-state index in [4.69, 9.17) is 0 Å². The van der Waals surface area contributed by atoms with Gasteiger partial charge in [-0.3, -0.25) is 14.8 Å². The summed E-state index contributed by atoms with van der Waals surface area (Å²) in [7, 11) is 0. The first-order valence-corrected chi connectivity index (χ1v) is 7.88. The fraction of sp³-hybridized carbons (Fsp3) is 0.733. The van der Waals surface area contributed by atoms with Gasteiger partial charge < -0.3 is 5.32 Å². The lowest BCUT2D eigenvalue weighted by molar-refractivity contribution is 0.0935. The van der Waals surface area contributed by atoms with Gasteiger partial charge in [0.1, 0.15) is 0 Å². The van der Waals surface area contributed by atoms with Crippen molar-refractivity contribution in [3.05, 3.63) is 17.0 Å². The molecule has 1 fully saturated rings. The number of H-pyrrole nitrogens is 1. The van der Waals surface area contributed by atoms with Gasteiger partial charge in [0.2, 0.25) is 0 Å². The summed E-state index contributed by atoms with van der Waals surface area (Å²) in [6.07, 6.45) is 6.81. The van der Waals surface area contributed by atoms with Crippen molar-refractivity contribution in [1.29, 1.82) is 0 Å². The van der Waals surface area contributed by atoms with Crippen LogP contribution in [-0.2, 0) is 12.8 Å². The first-order chi connectivity index (χ1) is 9.79. The van der Waals surface area contributed by atoms with Crippen molar-refractivity contribution in [1.82, 2.24) is 20.4 Å². The van der Waals surface area contributed by atoms with Crippen LogP contribution >= 0.6 is 0 Å². The van der Waals surface area contributed by atoms with Crippen LogP contribution in [0.5, 0.6) is 0 Å². The molecule has 1 aliphatic heterocycles. The van der Waals surface area contributed by atoms with Crippen LogP contribution in [0.2, 0.25) is 0 Å². The second-order valence-corrected chi connectivity index (χ2v) is 5.87. The molecule has 20 heavy (non-hydrogen) atoms. The molecule has 1 amide bonds. The van der Waals surface area contributed by atoms with E-state index in [9.17, 15) is 4.79 Å². The van der Waals surface area contributed by atoms with Gasteiger partial charge in [-0.05, 0) is 51.6 Å². The third-order valence-corrected chi connectivity index (χ3v) is 4.67. The van der Waals surface area contributed by atoms with E-state index in [1.54, 1.807) is 0 Å².